The third kappa shape index (κ3) is 7.69. The van der Waals surface area contributed by atoms with Gasteiger partial charge in [-0.1, -0.05) is 66.7 Å². The highest BCUT2D eigenvalue weighted by molar-refractivity contribution is 5.80. The molecule has 0 saturated heterocycles. The average Bonchev–Trinajstić information content (AvgIpc) is 3.71. The summed E-state index contributed by atoms with van der Waals surface area (Å²) in [6.07, 6.45) is 10.4. The third-order valence-corrected chi connectivity index (χ3v) is 8.88. The number of nitrogens with one attached hydrogen (secondary N) is 1. The van der Waals surface area contributed by atoms with Gasteiger partial charge in [0.1, 0.15) is 6.61 Å². The maximum absolute atomic E-state index is 13.9. The van der Waals surface area contributed by atoms with E-state index in [9.17, 15) is 9.59 Å². The van der Waals surface area contributed by atoms with Gasteiger partial charge in [-0.2, -0.15) is 5.26 Å². The number of imidazole rings is 1. The summed E-state index contributed by atoms with van der Waals surface area (Å²) in [4.78, 5) is 37.6. The molecule has 2 atom stereocenters. The number of carbonyl (C=O) groups is 2. The zero-order valence-corrected chi connectivity index (χ0v) is 27.2. The van der Waals surface area contributed by atoms with Gasteiger partial charge in [0, 0.05) is 43.0 Å². The van der Waals surface area contributed by atoms with Crippen molar-refractivity contribution in [1.82, 2.24) is 24.8 Å². The molecule has 244 valence electrons. The molecule has 0 unspecified atom stereocenters. The summed E-state index contributed by atoms with van der Waals surface area (Å²) >= 11 is 0. The summed E-state index contributed by atoms with van der Waals surface area (Å²) in [5.41, 5.74) is 7.50. The molecule has 1 aliphatic carbocycles. The molecule has 49 heavy (non-hydrogen) atoms. The number of terminal acetylenes is 1. The summed E-state index contributed by atoms with van der Waals surface area (Å²) in [7, 11) is 0. The van der Waals surface area contributed by atoms with E-state index < -0.39 is 12.1 Å². The summed E-state index contributed by atoms with van der Waals surface area (Å²) in [6.45, 7) is 2.80. The van der Waals surface area contributed by atoms with Crippen LogP contribution in [0.2, 0.25) is 0 Å². The van der Waals surface area contributed by atoms with Crippen molar-refractivity contribution < 1.29 is 14.3 Å². The normalized spacial score (nSPS) is 12.9. The van der Waals surface area contributed by atoms with Crippen molar-refractivity contribution in [2.45, 2.75) is 38.4 Å². The largest absolute Gasteiger partial charge is 0.448 e. The van der Waals surface area contributed by atoms with Crippen LogP contribution in [0.5, 0.6) is 0 Å². The second-order valence-corrected chi connectivity index (χ2v) is 12.1. The number of hydrogen-bond acceptors (Lipinski definition) is 6. The molecule has 1 aliphatic rings. The lowest BCUT2D eigenvalue weighted by atomic mass is 9.98. The Balaban J connectivity index is 1.16. The lowest BCUT2D eigenvalue weighted by Crippen LogP contribution is -2.49. The molecule has 0 aliphatic heterocycles. The van der Waals surface area contributed by atoms with Crippen molar-refractivity contribution in [2.75, 3.05) is 13.2 Å². The third-order valence-electron chi connectivity index (χ3n) is 8.88. The van der Waals surface area contributed by atoms with E-state index in [4.69, 9.17) is 16.4 Å². The minimum absolute atomic E-state index is 0.0647. The molecule has 6 rings (SSSR count). The van der Waals surface area contributed by atoms with Crippen molar-refractivity contribution in [1.29, 1.82) is 5.26 Å². The van der Waals surface area contributed by atoms with E-state index in [1.165, 1.54) is 0 Å². The fourth-order valence-electron chi connectivity index (χ4n) is 6.20. The lowest BCUT2D eigenvalue weighted by Gasteiger charge is -2.30. The monoisotopic (exact) mass is 648 g/mol. The predicted octanol–water partition coefficient (Wildman–Crippen LogP) is 5.95. The molecule has 9 nitrogen and oxygen atoms in total. The Morgan fingerprint density at radius 2 is 1.69 bits per heavy atom. The van der Waals surface area contributed by atoms with E-state index in [1.54, 1.807) is 35.8 Å². The summed E-state index contributed by atoms with van der Waals surface area (Å²) in [6, 6.07) is 30.8. The Morgan fingerprint density at radius 1 is 1.00 bits per heavy atom. The van der Waals surface area contributed by atoms with Gasteiger partial charge in [0.2, 0.25) is 5.91 Å². The van der Waals surface area contributed by atoms with Crippen molar-refractivity contribution in [3.05, 3.63) is 143 Å². The smallest absolute Gasteiger partial charge is 0.410 e. The second-order valence-electron chi connectivity index (χ2n) is 12.1. The van der Waals surface area contributed by atoms with Crippen LogP contribution in [0.15, 0.2) is 110 Å². The molecule has 0 spiro atoms. The van der Waals surface area contributed by atoms with Crippen molar-refractivity contribution in [3.63, 3.8) is 0 Å². The van der Waals surface area contributed by atoms with Crippen LogP contribution < -0.4 is 5.32 Å². The number of nitrogens with zero attached hydrogens (tertiary/aromatic N) is 5. The first-order valence-corrected chi connectivity index (χ1v) is 16.2. The molecule has 0 fully saturated rings. The molecular formula is C40H36N6O3. The second kappa shape index (κ2) is 15.1. The Hall–Kier alpha value is -6.19. The Morgan fingerprint density at radius 3 is 2.35 bits per heavy atom. The average molecular weight is 649 g/mol. The highest BCUT2D eigenvalue weighted by atomic mass is 16.6. The predicted molar refractivity (Wildman–Crippen MR) is 186 cm³/mol. The van der Waals surface area contributed by atoms with Gasteiger partial charge in [-0.15, -0.1) is 12.3 Å². The first kappa shape index (κ1) is 32.7. The van der Waals surface area contributed by atoms with Gasteiger partial charge >= 0.3 is 6.09 Å². The fourth-order valence-corrected chi connectivity index (χ4v) is 6.20. The molecule has 5 aromatic rings. The number of amides is 2. The summed E-state index contributed by atoms with van der Waals surface area (Å²) in [5.74, 6) is 2.01. The lowest BCUT2D eigenvalue weighted by molar-refractivity contribution is -0.121. The van der Waals surface area contributed by atoms with Crippen molar-refractivity contribution >= 4 is 12.0 Å². The number of hydrogen-bond donors (Lipinski definition) is 1. The van der Waals surface area contributed by atoms with Crippen molar-refractivity contribution in [3.8, 4) is 29.5 Å². The molecular weight excluding hydrogens is 612 g/mol. The Labute approximate surface area is 286 Å². The minimum atomic E-state index is -0.559. The summed E-state index contributed by atoms with van der Waals surface area (Å²) < 4.78 is 7.92. The number of fused-ring (bicyclic) bond motifs is 3. The van der Waals surface area contributed by atoms with Gasteiger partial charge in [0.15, 0.2) is 0 Å². The van der Waals surface area contributed by atoms with E-state index in [2.05, 4.69) is 51.5 Å². The molecule has 0 saturated carbocycles. The molecule has 0 bridgehead atoms. The van der Waals surface area contributed by atoms with Crippen LogP contribution >= 0.6 is 0 Å². The number of benzene rings is 3. The highest BCUT2D eigenvalue weighted by Crippen LogP contribution is 2.44. The van der Waals surface area contributed by atoms with Crippen LogP contribution in [0.1, 0.15) is 46.5 Å². The molecule has 1 N–H and O–H groups in total. The van der Waals surface area contributed by atoms with Gasteiger partial charge in [-0.3, -0.25) is 9.78 Å². The molecule has 3 aromatic carbocycles. The van der Waals surface area contributed by atoms with E-state index in [-0.39, 0.29) is 43.9 Å². The number of rotatable bonds is 12. The van der Waals surface area contributed by atoms with Gasteiger partial charge in [0.05, 0.1) is 42.7 Å². The standard InChI is InChI=1S/C40H36N6O3/c1-3-28(2)38(44-39(47)20-32-22-42-27-46(32)23-30-17-15-29(21-41)16-18-30)25-45(24-31-10-8-9-19-43-31)40(48)49-26-37-35-13-6-4-11-33(35)34-12-5-7-14-36(34)37/h1,4-19,22,27-28,37-38H,20,23-26H2,2H3,(H,44,47)/t28-,38+/m0/s1. The van der Waals surface area contributed by atoms with Crippen LogP contribution in [0.3, 0.4) is 0 Å². The van der Waals surface area contributed by atoms with Gasteiger partial charge < -0.3 is 19.5 Å². The number of carbonyl (C=O) groups excluding carboxylic acids is 2. The zero-order chi connectivity index (χ0) is 34.2. The SMILES string of the molecule is C#C[C@H](C)[C@@H](CN(Cc1ccccn1)C(=O)OCC1c2ccccc2-c2ccccc21)NC(=O)Cc1cncn1Cc1ccc(C#N)cc1. The number of ether oxygens (including phenoxy) is 1. The Kier molecular flexibility index (Phi) is 10.1. The fraction of sp³-hybridized carbons (Fsp3) is 0.225. The van der Waals surface area contributed by atoms with Gasteiger partial charge in [-0.05, 0) is 59.0 Å². The van der Waals surface area contributed by atoms with Crippen LogP contribution in [0, 0.1) is 29.6 Å². The van der Waals surface area contributed by atoms with Crippen LogP contribution in [-0.4, -0.2) is 50.6 Å². The summed E-state index contributed by atoms with van der Waals surface area (Å²) in [5, 5.41) is 12.2. The van der Waals surface area contributed by atoms with E-state index in [0.717, 1.165) is 33.5 Å². The van der Waals surface area contributed by atoms with Crippen LogP contribution in [0.4, 0.5) is 4.79 Å². The zero-order valence-electron chi connectivity index (χ0n) is 27.2. The Bertz CT molecular complexity index is 1960. The molecule has 9 heteroatoms. The van der Waals surface area contributed by atoms with Gasteiger partial charge in [-0.25, -0.2) is 9.78 Å². The number of aromatic nitrogens is 3. The van der Waals surface area contributed by atoms with Crippen LogP contribution in [-0.2, 0) is 29.0 Å². The first-order valence-electron chi connectivity index (χ1n) is 16.2. The molecule has 2 heterocycles. The van der Waals surface area contributed by atoms with Crippen LogP contribution in [0.25, 0.3) is 11.1 Å². The first-order chi connectivity index (χ1) is 23.9. The number of pyridine rings is 1. The molecule has 2 amide bonds. The highest BCUT2D eigenvalue weighted by Gasteiger charge is 2.31. The topological polar surface area (TPSA) is 113 Å². The van der Waals surface area contributed by atoms with E-state index in [0.29, 0.717) is 17.8 Å². The quantitative estimate of drug-likeness (QED) is 0.168. The molecule has 0 radical (unpaired) electrons. The van der Waals surface area contributed by atoms with Gasteiger partial charge in [0.25, 0.3) is 0 Å². The molecule has 2 aromatic heterocycles. The maximum Gasteiger partial charge on any atom is 0.410 e. The minimum Gasteiger partial charge on any atom is -0.448 e. The maximum atomic E-state index is 13.9. The van der Waals surface area contributed by atoms with Crippen molar-refractivity contribution in [2.24, 2.45) is 5.92 Å². The number of nitriles is 1. The van der Waals surface area contributed by atoms with E-state index >= 15 is 0 Å². The van der Waals surface area contributed by atoms with E-state index in [1.807, 2.05) is 66.1 Å².